The summed E-state index contributed by atoms with van der Waals surface area (Å²) in [4.78, 5) is 29.2. The number of hydrogen-bond acceptors (Lipinski definition) is 4. The number of rotatable bonds is 5. The summed E-state index contributed by atoms with van der Waals surface area (Å²) in [6.45, 7) is 2.88. The van der Waals surface area contributed by atoms with E-state index in [9.17, 15) is 27.2 Å². The van der Waals surface area contributed by atoms with Crippen molar-refractivity contribution >= 4 is 22.8 Å². The fraction of sp³-hybridized carbons (Fsp3) is 0.238. The number of primary amides is 1. The Labute approximate surface area is 179 Å². The van der Waals surface area contributed by atoms with Crippen LogP contribution in [-0.2, 0) is 21.3 Å². The first-order chi connectivity index (χ1) is 15.0. The highest BCUT2D eigenvalue weighted by molar-refractivity contribution is 5.93. The number of pyridine rings is 1. The van der Waals surface area contributed by atoms with Gasteiger partial charge < -0.3 is 10.6 Å². The molecule has 1 aliphatic heterocycles. The summed E-state index contributed by atoms with van der Waals surface area (Å²) in [6.07, 6.45) is -3.18. The molecule has 1 saturated heterocycles. The van der Waals surface area contributed by atoms with Crippen molar-refractivity contribution in [3.05, 3.63) is 60.6 Å². The summed E-state index contributed by atoms with van der Waals surface area (Å²) >= 11 is 0. The van der Waals surface area contributed by atoms with Crippen LogP contribution in [-0.4, -0.2) is 44.6 Å². The predicted octanol–water partition coefficient (Wildman–Crippen LogP) is 3.01. The lowest BCUT2D eigenvalue weighted by Gasteiger charge is -2.49. The molecule has 0 bridgehead atoms. The van der Waals surface area contributed by atoms with Gasteiger partial charge in [0, 0.05) is 30.2 Å². The summed E-state index contributed by atoms with van der Waals surface area (Å²) in [7, 11) is 0. The Morgan fingerprint density at radius 2 is 1.81 bits per heavy atom. The molecule has 1 aromatic carbocycles. The van der Waals surface area contributed by atoms with E-state index < -0.39 is 34.9 Å². The summed E-state index contributed by atoms with van der Waals surface area (Å²) < 4.78 is 53.5. The van der Waals surface area contributed by atoms with Crippen molar-refractivity contribution in [1.82, 2.24) is 19.7 Å². The Balaban J connectivity index is 1.80. The normalized spacial score (nSPS) is 15.4. The standard InChI is InChI=1S/C21H17F4N5O2/c1-12(22)19(32)29-10-20(11-29,9-16(26)31)30-18-15(3-2-8-27-18)17(28-30)13-4-6-14(7-5-13)21(23,24)25/h2-8H,1,9-11H2,(H2,26,31). The van der Waals surface area contributed by atoms with Gasteiger partial charge in [0.05, 0.1) is 12.0 Å². The first-order valence-electron chi connectivity index (χ1n) is 9.46. The number of nitrogens with zero attached hydrogens (tertiary/aromatic N) is 4. The molecule has 11 heteroatoms. The molecular formula is C21H17F4N5O2. The van der Waals surface area contributed by atoms with Gasteiger partial charge in [-0.15, -0.1) is 0 Å². The average Bonchev–Trinajstić information content (AvgIpc) is 3.09. The van der Waals surface area contributed by atoms with Crippen molar-refractivity contribution in [3.63, 3.8) is 0 Å². The second-order valence-electron chi connectivity index (χ2n) is 7.64. The van der Waals surface area contributed by atoms with E-state index in [1.807, 2.05) is 0 Å². The lowest BCUT2D eigenvalue weighted by atomic mass is 9.85. The van der Waals surface area contributed by atoms with Gasteiger partial charge in [0.15, 0.2) is 11.5 Å². The van der Waals surface area contributed by atoms with E-state index >= 15 is 0 Å². The molecule has 3 aromatic rings. The number of amides is 2. The Kier molecular flexibility index (Phi) is 4.99. The maximum atomic E-state index is 13.3. The molecule has 2 N–H and O–H groups in total. The number of halogens is 4. The lowest BCUT2D eigenvalue weighted by molar-refractivity contribution is -0.143. The van der Waals surface area contributed by atoms with Crippen LogP contribution in [0.5, 0.6) is 0 Å². The highest BCUT2D eigenvalue weighted by atomic mass is 19.4. The van der Waals surface area contributed by atoms with Crippen LogP contribution < -0.4 is 5.73 Å². The van der Waals surface area contributed by atoms with Crippen LogP contribution in [0.2, 0.25) is 0 Å². The molecule has 2 amide bonds. The zero-order valence-electron chi connectivity index (χ0n) is 16.6. The number of fused-ring (bicyclic) bond motifs is 1. The molecule has 32 heavy (non-hydrogen) atoms. The van der Waals surface area contributed by atoms with Crippen molar-refractivity contribution in [3.8, 4) is 11.3 Å². The van der Waals surface area contributed by atoms with Gasteiger partial charge in [-0.2, -0.15) is 18.3 Å². The van der Waals surface area contributed by atoms with Crippen LogP contribution in [0.1, 0.15) is 12.0 Å². The molecule has 166 valence electrons. The average molecular weight is 447 g/mol. The van der Waals surface area contributed by atoms with E-state index in [-0.39, 0.29) is 19.5 Å². The SMILES string of the molecule is C=C(F)C(=O)N1CC(CC(N)=O)(n2nc(-c3ccc(C(F)(F)F)cc3)c3cccnc32)C1. The fourth-order valence-corrected chi connectivity index (χ4v) is 3.94. The monoisotopic (exact) mass is 447 g/mol. The van der Waals surface area contributed by atoms with Gasteiger partial charge >= 0.3 is 6.18 Å². The van der Waals surface area contributed by atoms with E-state index in [0.717, 1.165) is 12.1 Å². The second kappa shape index (κ2) is 7.43. The van der Waals surface area contributed by atoms with Crippen molar-refractivity contribution in [1.29, 1.82) is 0 Å². The summed E-state index contributed by atoms with van der Waals surface area (Å²) in [5.41, 5.74) is 4.67. The van der Waals surface area contributed by atoms with Crippen molar-refractivity contribution in [2.75, 3.05) is 13.1 Å². The Bertz CT molecular complexity index is 1230. The highest BCUT2D eigenvalue weighted by Crippen LogP contribution is 2.38. The third-order valence-electron chi connectivity index (χ3n) is 5.37. The van der Waals surface area contributed by atoms with Crippen LogP contribution in [0.4, 0.5) is 17.6 Å². The van der Waals surface area contributed by atoms with Gasteiger partial charge in [-0.1, -0.05) is 18.7 Å². The molecule has 0 aliphatic carbocycles. The zero-order chi connectivity index (χ0) is 23.3. The van der Waals surface area contributed by atoms with Gasteiger partial charge in [-0.25, -0.2) is 14.1 Å². The molecular weight excluding hydrogens is 430 g/mol. The van der Waals surface area contributed by atoms with Crippen LogP contribution in [0.25, 0.3) is 22.3 Å². The quantitative estimate of drug-likeness (QED) is 0.481. The predicted molar refractivity (Wildman–Crippen MR) is 107 cm³/mol. The van der Waals surface area contributed by atoms with Crippen LogP contribution in [0.3, 0.4) is 0 Å². The first-order valence-corrected chi connectivity index (χ1v) is 9.46. The van der Waals surface area contributed by atoms with E-state index in [2.05, 4.69) is 16.7 Å². The molecule has 1 fully saturated rings. The van der Waals surface area contributed by atoms with Crippen molar-refractivity contribution in [2.24, 2.45) is 5.73 Å². The van der Waals surface area contributed by atoms with Crippen LogP contribution in [0, 0.1) is 0 Å². The van der Waals surface area contributed by atoms with E-state index in [4.69, 9.17) is 5.73 Å². The minimum Gasteiger partial charge on any atom is -0.370 e. The summed E-state index contributed by atoms with van der Waals surface area (Å²) in [5, 5.41) is 5.09. The van der Waals surface area contributed by atoms with Gasteiger partial charge in [0.2, 0.25) is 5.91 Å². The molecule has 0 radical (unpaired) electrons. The molecule has 4 rings (SSSR count). The molecule has 0 spiro atoms. The Hall–Kier alpha value is -3.76. The molecule has 2 aromatic heterocycles. The molecule has 3 heterocycles. The maximum absolute atomic E-state index is 13.3. The minimum atomic E-state index is -4.48. The van der Waals surface area contributed by atoms with Crippen molar-refractivity contribution < 1.29 is 27.2 Å². The Morgan fingerprint density at radius 1 is 1.16 bits per heavy atom. The van der Waals surface area contributed by atoms with Gasteiger partial charge in [-0.3, -0.25) is 9.59 Å². The number of alkyl halides is 3. The Morgan fingerprint density at radius 3 is 2.38 bits per heavy atom. The molecule has 0 atom stereocenters. The maximum Gasteiger partial charge on any atom is 0.416 e. The molecule has 0 saturated carbocycles. The lowest BCUT2D eigenvalue weighted by Crippen LogP contribution is -2.65. The number of carbonyl (C=O) groups excluding carboxylic acids is 2. The second-order valence-corrected chi connectivity index (χ2v) is 7.64. The number of hydrogen-bond donors (Lipinski definition) is 1. The zero-order valence-corrected chi connectivity index (χ0v) is 16.6. The number of carbonyl (C=O) groups is 2. The van der Waals surface area contributed by atoms with Crippen LogP contribution >= 0.6 is 0 Å². The number of aromatic nitrogens is 3. The van der Waals surface area contributed by atoms with E-state index in [1.54, 1.807) is 12.1 Å². The molecule has 7 nitrogen and oxygen atoms in total. The fourth-order valence-electron chi connectivity index (χ4n) is 3.94. The largest absolute Gasteiger partial charge is 0.416 e. The smallest absolute Gasteiger partial charge is 0.370 e. The van der Waals surface area contributed by atoms with E-state index in [0.29, 0.717) is 22.3 Å². The van der Waals surface area contributed by atoms with Gasteiger partial charge in [-0.05, 0) is 24.3 Å². The number of nitrogens with two attached hydrogens (primary N) is 1. The molecule has 1 aliphatic rings. The summed E-state index contributed by atoms with van der Waals surface area (Å²) in [5.74, 6) is -2.70. The number of likely N-dealkylation sites (tertiary alicyclic amines) is 1. The highest BCUT2D eigenvalue weighted by Gasteiger charge is 2.50. The van der Waals surface area contributed by atoms with E-state index in [1.165, 1.54) is 27.9 Å². The molecule has 0 unspecified atom stereocenters. The topological polar surface area (TPSA) is 94.1 Å². The third kappa shape index (κ3) is 3.59. The van der Waals surface area contributed by atoms with Crippen LogP contribution in [0.15, 0.2) is 55.0 Å². The first kappa shape index (κ1) is 21.5. The minimum absolute atomic E-state index is 0.0580. The third-order valence-corrected chi connectivity index (χ3v) is 5.37. The summed E-state index contributed by atoms with van der Waals surface area (Å²) in [6, 6.07) is 7.84. The van der Waals surface area contributed by atoms with Gasteiger partial charge in [0.1, 0.15) is 11.2 Å². The van der Waals surface area contributed by atoms with Crippen molar-refractivity contribution in [2.45, 2.75) is 18.1 Å². The van der Waals surface area contributed by atoms with Gasteiger partial charge in [0.25, 0.3) is 5.91 Å². The number of benzene rings is 1.